The van der Waals surface area contributed by atoms with Crippen LogP contribution in [0.25, 0.3) is 0 Å². The molecule has 0 aromatic heterocycles. The van der Waals surface area contributed by atoms with Gasteiger partial charge in [-0.1, -0.05) is 23.8 Å². The summed E-state index contributed by atoms with van der Waals surface area (Å²) in [6, 6.07) is 3.29. The molecule has 5 aliphatic rings. The second-order valence-corrected chi connectivity index (χ2v) is 8.02. The topological polar surface area (TPSA) is 68.2 Å². The van der Waals surface area contributed by atoms with Gasteiger partial charge < -0.3 is 9.47 Å². The number of carbonyl (C=O) groups is 2. The maximum Gasteiger partial charge on any atom is 0.254 e. The van der Waals surface area contributed by atoms with Crippen LogP contribution < -0.4 is 9.47 Å². The maximum atomic E-state index is 12.9. The first-order valence-corrected chi connectivity index (χ1v) is 9.44. The highest BCUT2D eigenvalue weighted by atomic mass is 35.5. The van der Waals surface area contributed by atoms with Crippen LogP contribution in [-0.4, -0.2) is 37.3 Å². The molecule has 7 heteroatoms. The van der Waals surface area contributed by atoms with Crippen molar-refractivity contribution in [3.8, 4) is 11.5 Å². The molecule has 0 radical (unpaired) electrons. The van der Waals surface area contributed by atoms with E-state index in [0.29, 0.717) is 33.9 Å². The van der Waals surface area contributed by atoms with Gasteiger partial charge in [-0.2, -0.15) is 10.1 Å². The number of allylic oxidation sites excluding steroid dienone is 2. The Hall–Kier alpha value is -2.34. The lowest BCUT2D eigenvalue weighted by Gasteiger charge is -2.37. The molecule has 6 rings (SSSR count). The summed E-state index contributed by atoms with van der Waals surface area (Å²) < 4.78 is 10.5. The molecule has 1 aromatic carbocycles. The number of amides is 2. The Morgan fingerprint density at radius 3 is 2.19 bits per heavy atom. The summed E-state index contributed by atoms with van der Waals surface area (Å²) >= 11 is 6.18. The van der Waals surface area contributed by atoms with E-state index >= 15 is 0 Å². The predicted octanol–water partition coefficient (Wildman–Crippen LogP) is 2.74. The van der Waals surface area contributed by atoms with Crippen molar-refractivity contribution >= 4 is 29.6 Å². The highest BCUT2D eigenvalue weighted by molar-refractivity contribution is 6.32. The van der Waals surface area contributed by atoms with Crippen molar-refractivity contribution in [2.75, 3.05) is 14.2 Å². The number of rotatable bonds is 4. The Morgan fingerprint density at radius 1 is 1.04 bits per heavy atom. The van der Waals surface area contributed by atoms with Gasteiger partial charge in [0, 0.05) is 11.6 Å². The van der Waals surface area contributed by atoms with Crippen LogP contribution in [-0.2, 0) is 9.59 Å². The van der Waals surface area contributed by atoms with E-state index < -0.39 is 0 Å². The lowest BCUT2D eigenvalue weighted by atomic mass is 9.63. The molecule has 1 aliphatic heterocycles. The van der Waals surface area contributed by atoms with Crippen molar-refractivity contribution in [2.24, 2.45) is 40.6 Å². The van der Waals surface area contributed by atoms with Crippen LogP contribution in [0.3, 0.4) is 0 Å². The number of hydrazone groups is 1. The lowest BCUT2D eigenvalue weighted by molar-refractivity contribution is -0.140. The Morgan fingerprint density at radius 2 is 1.63 bits per heavy atom. The van der Waals surface area contributed by atoms with E-state index in [2.05, 4.69) is 17.3 Å². The first kappa shape index (κ1) is 16.8. The number of imide groups is 1. The van der Waals surface area contributed by atoms with E-state index in [-0.39, 0.29) is 35.5 Å². The minimum Gasteiger partial charge on any atom is -0.496 e. The zero-order valence-corrected chi connectivity index (χ0v) is 15.7. The zero-order chi connectivity index (χ0) is 18.9. The van der Waals surface area contributed by atoms with Crippen LogP contribution in [0.4, 0.5) is 0 Å². The molecule has 1 heterocycles. The van der Waals surface area contributed by atoms with Crippen molar-refractivity contribution in [1.29, 1.82) is 0 Å². The van der Waals surface area contributed by atoms with Gasteiger partial charge in [0.2, 0.25) is 0 Å². The number of carbonyl (C=O) groups excluding carboxylic acids is 2. The summed E-state index contributed by atoms with van der Waals surface area (Å²) in [6.45, 7) is 0. The minimum atomic E-state index is -0.255. The van der Waals surface area contributed by atoms with Crippen molar-refractivity contribution in [2.45, 2.75) is 6.42 Å². The monoisotopic (exact) mass is 386 g/mol. The fourth-order valence-electron chi connectivity index (χ4n) is 5.16. The molecule has 2 saturated carbocycles. The molecule has 1 aromatic rings. The van der Waals surface area contributed by atoms with Gasteiger partial charge in [-0.25, -0.2) is 0 Å². The Bertz CT molecular complexity index is 875. The predicted molar refractivity (Wildman–Crippen MR) is 98.7 cm³/mol. The van der Waals surface area contributed by atoms with Crippen molar-refractivity contribution < 1.29 is 19.1 Å². The maximum absolute atomic E-state index is 12.9. The Labute approximate surface area is 161 Å². The van der Waals surface area contributed by atoms with Gasteiger partial charge in [-0.3, -0.25) is 9.59 Å². The van der Waals surface area contributed by atoms with Gasteiger partial charge in [0.05, 0.1) is 37.3 Å². The molecule has 2 amide bonds. The van der Waals surface area contributed by atoms with Crippen molar-refractivity contribution in [3.63, 3.8) is 0 Å². The molecule has 4 aliphatic carbocycles. The molecule has 140 valence electrons. The third kappa shape index (κ3) is 2.29. The van der Waals surface area contributed by atoms with Crippen LogP contribution >= 0.6 is 11.6 Å². The molecular weight excluding hydrogens is 368 g/mol. The third-order valence-electron chi connectivity index (χ3n) is 6.46. The lowest BCUT2D eigenvalue weighted by Crippen LogP contribution is -2.40. The second kappa shape index (κ2) is 5.83. The van der Waals surface area contributed by atoms with E-state index in [0.717, 1.165) is 11.4 Å². The summed E-state index contributed by atoms with van der Waals surface area (Å²) in [6.07, 6.45) is 6.88. The number of halogens is 1. The van der Waals surface area contributed by atoms with E-state index in [9.17, 15) is 9.59 Å². The van der Waals surface area contributed by atoms with Crippen LogP contribution in [0.15, 0.2) is 29.4 Å². The number of hydrogen-bond donors (Lipinski definition) is 0. The molecule has 3 fully saturated rings. The molecule has 0 unspecified atom stereocenters. The number of hydrogen-bond acceptors (Lipinski definition) is 5. The molecule has 1 saturated heterocycles. The quantitative estimate of drug-likeness (QED) is 0.453. The van der Waals surface area contributed by atoms with Gasteiger partial charge in [-0.05, 0) is 36.2 Å². The third-order valence-corrected chi connectivity index (χ3v) is 6.75. The smallest absolute Gasteiger partial charge is 0.254 e. The van der Waals surface area contributed by atoms with E-state index in [1.165, 1.54) is 20.4 Å². The molecule has 27 heavy (non-hydrogen) atoms. The van der Waals surface area contributed by atoms with Gasteiger partial charge >= 0.3 is 0 Å². The summed E-state index contributed by atoms with van der Waals surface area (Å²) in [4.78, 5) is 25.9. The van der Waals surface area contributed by atoms with Crippen LogP contribution in [0.1, 0.15) is 12.0 Å². The van der Waals surface area contributed by atoms with Crippen LogP contribution in [0.5, 0.6) is 11.5 Å². The first-order chi connectivity index (χ1) is 13.0. The summed E-state index contributed by atoms with van der Waals surface area (Å²) in [7, 11) is 3.04. The molecule has 0 spiro atoms. The summed E-state index contributed by atoms with van der Waals surface area (Å²) in [5.41, 5.74) is 0.572. The zero-order valence-electron chi connectivity index (χ0n) is 15.0. The Balaban J connectivity index is 1.45. The minimum absolute atomic E-state index is 0.187. The van der Waals surface area contributed by atoms with Gasteiger partial charge in [0.1, 0.15) is 11.5 Å². The molecule has 0 N–H and O–H groups in total. The molecule has 6 nitrogen and oxygen atoms in total. The standard InChI is InChI=1S/C20H19ClN2O4/c1-26-15-7-16(27-2)14(21)5-9(15)8-22-23-19(24)17-10-3-4-11(13-6-12(10)13)18(17)20(23)25/h3-5,7-8,10-13,17-18H,6H2,1-2H3/b22-8-/t10-,11-,12-,13-,17+,18+/m0/s1. The van der Waals surface area contributed by atoms with Gasteiger partial charge in [0.25, 0.3) is 11.8 Å². The average molecular weight is 387 g/mol. The summed E-state index contributed by atoms with van der Waals surface area (Å²) in [5, 5.41) is 5.67. The van der Waals surface area contributed by atoms with Crippen LogP contribution in [0, 0.1) is 35.5 Å². The molecular formula is C20H19ClN2O4. The van der Waals surface area contributed by atoms with E-state index in [1.807, 2.05) is 0 Å². The molecule has 2 bridgehead atoms. The van der Waals surface area contributed by atoms with E-state index in [1.54, 1.807) is 12.1 Å². The van der Waals surface area contributed by atoms with Gasteiger partial charge in [0.15, 0.2) is 0 Å². The normalized spacial score (nSPS) is 35.6. The first-order valence-electron chi connectivity index (χ1n) is 9.06. The fourth-order valence-corrected chi connectivity index (χ4v) is 5.41. The SMILES string of the molecule is COc1cc(OC)c(/C=N\N2C(=O)[C@@H]3[C@H]4C=C[C@@H]([C@@H]5C[C@@H]45)[C@H]3C2=O)cc1Cl. The number of nitrogens with zero attached hydrogens (tertiary/aromatic N) is 2. The van der Waals surface area contributed by atoms with E-state index in [4.69, 9.17) is 21.1 Å². The number of methoxy groups -OCH3 is 2. The highest BCUT2D eigenvalue weighted by Gasteiger charge is 2.67. The van der Waals surface area contributed by atoms with Crippen molar-refractivity contribution in [1.82, 2.24) is 5.01 Å². The summed E-state index contributed by atoms with van der Waals surface area (Å²) in [5.74, 6) is 1.60. The average Bonchev–Trinajstić information content (AvgIpc) is 3.45. The van der Waals surface area contributed by atoms with Crippen molar-refractivity contribution in [3.05, 3.63) is 34.9 Å². The number of benzene rings is 1. The Kier molecular flexibility index (Phi) is 3.63. The largest absolute Gasteiger partial charge is 0.496 e. The van der Waals surface area contributed by atoms with Gasteiger partial charge in [-0.15, -0.1) is 0 Å². The second-order valence-electron chi connectivity index (χ2n) is 7.62. The number of ether oxygens (including phenoxy) is 2. The fraction of sp³-hybridized carbons (Fsp3) is 0.450. The van der Waals surface area contributed by atoms with Crippen LogP contribution in [0.2, 0.25) is 5.02 Å². The highest BCUT2D eigenvalue weighted by Crippen LogP contribution is 2.65. The molecule has 6 atom stereocenters.